The van der Waals surface area contributed by atoms with Gasteiger partial charge in [0.25, 0.3) is 5.91 Å². The lowest BCUT2D eigenvalue weighted by Crippen LogP contribution is -2.22. The molecule has 128 valence electrons. The minimum absolute atomic E-state index is 0.168. The number of phenolic OH excluding ortho intramolecular Hbond substituents is 1. The van der Waals surface area contributed by atoms with Crippen molar-refractivity contribution in [1.82, 2.24) is 19.9 Å². The molecule has 2 heterocycles. The van der Waals surface area contributed by atoms with E-state index >= 15 is 0 Å². The van der Waals surface area contributed by atoms with Gasteiger partial charge in [-0.1, -0.05) is 42.5 Å². The van der Waals surface area contributed by atoms with Crippen LogP contribution in [0.15, 0.2) is 73.1 Å². The quantitative estimate of drug-likeness (QED) is 0.596. The van der Waals surface area contributed by atoms with E-state index in [1.54, 1.807) is 28.9 Å². The van der Waals surface area contributed by atoms with Gasteiger partial charge < -0.3 is 10.4 Å². The van der Waals surface area contributed by atoms with E-state index in [1.165, 1.54) is 6.20 Å². The number of phenols is 1. The average Bonchev–Trinajstić information content (AvgIpc) is 3.11. The smallest absolute Gasteiger partial charge is 0.257 e. The summed E-state index contributed by atoms with van der Waals surface area (Å²) in [6, 6.07) is 18.5. The van der Waals surface area contributed by atoms with E-state index in [-0.39, 0.29) is 11.7 Å². The summed E-state index contributed by atoms with van der Waals surface area (Å²) in [6.07, 6.45) is 3.19. The first kappa shape index (κ1) is 15.8. The molecule has 0 fully saturated rings. The minimum atomic E-state index is -0.263. The summed E-state index contributed by atoms with van der Waals surface area (Å²) < 4.78 is 1.67. The zero-order chi connectivity index (χ0) is 17.9. The largest absolute Gasteiger partial charge is 0.508 e. The van der Waals surface area contributed by atoms with Gasteiger partial charge in [0.05, 0.1) is 11.9 Å². The molecule has 0 unspecified atom stereocenters. The predicted octanol–water partition coefficient (Wildman–Crippen LogP) is 3.03. The molecule has 2 aromatic carbocycles. The highest BCUT2D eigenvalue weighted by molar-refractivity contribution is 5.99. The highest BCUT2D eigenvalue weighted by Gasteiger charge is 2.16. The molecule has 1 amide bonds. The number of aromatic nitrogens is 3. The zero-order valence-electron chi connectivity index (χ0n) is 13.8. The maximum absolute atomic E-state index is 12.6. The fourth-order valence-electron chi connectivity index (χ4n) is 2.82. The second-order valence-corrected chi connectivity index (χ2v) is 5.84. The molecule has 4 aromatic rings. The molecule has 6 nitrogen and oxygen atoms in total. The molecule has 0 saturated heterocycles. The first-order valence-corrected chi connectivity index (χ1v) is 8.16. The van der Waals surface area contributed by atoms with E-state index in [0.29, 0.717) is 17.8 Å². The summed E-state index contributed by atoms with van der Waals surface area (Å²) in [5.74, 6) is -0.0945. The van der Waals surface area contributed by atoms with Gasteiger partial charge in [0.2, 0.25) is 0 Å². The summed E-state index contributed by atoms with van der Waals surface area (Å²) in [5.41, 5.74) is 3.58. The molecule has 4 rings (SSSR count). The van der Waals surface area contributed by atoms with Crippen molar-refractivity contribution >= 4 is 11.6 Å². The third-order valence-electron chi connectivity index (χ3n) is 4.08. The van der Waals surface area contributed by atoms with Crippen LogP contribution in [-0.4, -0.2) is 25.6 Å². The van der Waals surface area contributed by atoms with E-state index in [1.807, 2.05) is 42.5 Å². The monoisotopic (exact) mass is 344 g/mol. The van der Waals surface area contributed by atoms with E-state index in [4.69, 9.17) is 0 Å². The summed E-state index contributed by atoms with van der Waals surface area (Å²) in [7, 11) is 0. The molecule has 2 N–H and O–H groups in total. The van der Waals surface area contributed by atoms with E-state index in [9.17, 15) is 9.90 Å². The van der Waals surface area contributed by atoms with Gasteiger partial charge in [-0.3, -0.25) is 4.79 Å². The van der Waals surface area contributed by atoms with Gasteiger partial charge in [-0.15, -0.1) is 0 Å². The third-order valence-corrected chi connectivity index (χ3v) is 4.08. The number of carbonyl (C=O) groups is 1. The summed E-state index contributed by atoms with van der Waals surface area (Å²) in [4.78, 5) is 16.9. The molecule has 0 bridgehead atoms. The maximum atomic E-state index is 12.6. The van der Waals surface area contributed by atoms with Crippen molar-refractivity contribution in [1.29, 1.82) is 0 Å². The highest BCUT2D eigenvalue weighted by atomic mass is 16.3. The molecular formula is C20H16N4O2. The van der Waals surface area contributed by atoms with Crippen molar-refractivity contribution in [2.75, 3.05) is 0 Å². The Morgan fingerprint density at radius 2 is 1.92 bits per heavy atom. The Hall–Kier alpha value is -3.67. The molecule has 0 aliphatic rings. The summed E-state index contributed by atoms with van der Waals surface area (Å²) in [6.45, 7) is 0.308. The molecule has 6 heteroatoms. The van der Waals surface area contributed by atoms with Gasteiger partial charge in [-0.05, 0) is 23.8 Å². The lowest BCUT2D eigenvalue weighted by Gasteiger charge is -2.06. The fraction of sp³-hybridized carbons (Fsp3) is 0.0500. The van der Waals surface area contributed by atoms with Crippen molar-refractivity contribution in [2.45, 2.75) is 6.54 Å². The normalized spacial score (nSPS) is 10.8. The predicted molar refractivity (Wildman–Crippen MR) is 97.7 cm³/mol. The van der Waals surface area contributed by atoms with Gasteiger partial charge in [-0.2, -0.15) is 5.10 Å². The standard InChI is InChI=1S/C20H16N4O2/c25-16-8-4-5-14(11-16)12-22-20(26)17-13-23-24-18(9-10-21-19(17)24)15-6-2-1-3-7-15/h1-11,13,25H,12H2,(H,22,26). The molecule has 0 radical (unpaired) electrons. The van der Waals surface area contributed by atoms with Crippen LogP contribution in [0.2, 0.25) is 0 Å². The molecular weight excluding hydrogens is 328 g/mol. The number of benzene rings is 2. The van der Waals surface area contributed by atoms with E-state index in [0.717, 1.165) is 16.8 Å². The van der Waals surface area contributed by atoms with Crippen molar-refractivity contribution < 1.29 is 9.90 Å². The lowest BCUT2D eigenvalue weighted by atomic mass is 10.1. The van der Waals surface area contributed by atoms with Gasteiger partial charge in [0, 0.05) is 18.3 Å². The first-order valence-electron chi connectivity index (χ1n) is 8.16. The Bertz CT molecular complexity index is 1070. The highest BCUT2D eigenvalue weighted by Crippen LogP contribution is 2.20. The van der Waals surface area contributed by atoms with E-state index < -0.39 is 0 Å². The second-order valence-electron chi connectivity index (χ2n) is 5.84. The van der Waals surface area contributed by atoms with Gasteiger partial charge in [-0.25, -0.2) is 9.50 Å². The summed E-state index contributed by atoms with van der Waals surface area (Å²) in [5, 5.41) is 16.7. The number of aromatic hydroxyl groups is 1. The molecule has 0 saturated carbocycles. The van der Waals surface area contributed by atoms with Crippen LogP contribution < -0.4 is 5.32 Å². The van der Waals surface area contributed by atoms with Crippen LogP contribution >= 0.6 is 0 Å². The van der Waals surface area contributed by atoms with Crippen LogP contribution in [0, 0.1) is 0 Å². The molecule has 0 spiro atoms. The minimum Gasteiger partial charge on any atom is -0.508 e. The van der Waals surface area contributed by atoms with Crippen LogP contribution in [0.3, 0.4) is 0 Å². The van der Waals surface area contributed by atoms with Crippen LogP contribution in [-0.2, 0) is 6.54 Å². The topological polar surface area (TPSA) is 79.5 Å². The number of hydrogen-bond acceptors (Lipinski definition) is 4. The number of amides is 1. The Kier molecular flexibility index (Phi) is 4.07. The fourth-order valence-corrected chi connectivity index (χ4v) is 2.82. The average molecular weight is 344 g/mol. The van der Waals surface area contributed by atoms with Gasteiger partial charge in [0.15, 0.2) is 5.65 Å². The zero-order valence-corrected chi connectivity index (χ0v) is 13.8. The van der Waals surface area contributed by atoms with Crippen LogP contribution in [0.5, 0.6) is 5.75 Å². The summed E-state index contributed by atoms with van der Waals surface area (Å²) >= 11 is 0. The SMILES string of the molecule is O=C(NCc1cccc(O)c1)c1cnn2c(-c3ccccc3)ccnc12. The van der Waals surface area contributed by atoms with E-state index in [2.05, 4.69) is 15.4 Å². The van der Waals surface area contributed by atoms with Crippen molar-refractivity contribution in [3.8, 4) is 17.0 Å². The number of carbonyl (C=O) groups excluding carboxylic acids is 1. The molecule has 0 aliphatic heterocycles. The Labute approximate surface area is 149 Å². The Morgan fingerprint density at radius 1 is 1.08 bits per heavy atom. The number of nitrogens with zero attached hydrogens (tertiary/aromatic N) is 3. The van der Waals surface area contributed by atoms with Gasteiger partial charge in [0.1, 0.15) is 11.3 Å². The molecule has 0 aliphatic carbocycles. The van der Waals surface area contributed by atoms with Crippen molar-refractivity contribution in [3.63, 3.8) is 0 Å². The molecule has 0 atom stereocenters. The third kappa shape index (κ3) is 3.00. The number of rotatable bonds is 4. The number of fused-ring (bicyclic) bond motifs is 1. The van der Waals surface area contributed by atoms with Crippen LogP contribution in [0.25, 0.3) is 16.9 Å². The maximum Gasteiger partial charge on any atom is 0.257 e. The Morgan fingerprint density at radius 3 is 2.73 bits per heavy atom. The van der Waals surface area contributed by atoms with Gasteiger partial charge >= 0.3 is 0 Å². The van der Waals surface area contributed by atoms with Crippen LogP contribution in [0.4, 0.5) is 0 Å². The Balaban J connectivity index is 1.62. The van der Waals surface area contributed by atoms with Crippen LogP contribution in [0.1, 0.15) is 15.9 Å². The van der Waals surface area contributed by atoms with Crippen molar-refractivity contribution in [3.05, 3.63) is 84.2 Å². The number of hydrogen-bond donors (Lipinski definition) is 2. The molecule has 26 heavy (non-hydrogen) atoms. The second kappa shape index (κ2) is 6.68. The number of nitrogens with one attached hydrogen (secondary N) is 1. The molecule has 2 aromatic heterocycles. The van der Waals surface area contributed by atoms with Crippen molar-refractivity contribution in [2.24, 2.45) is 0 Å². The lowest BCUT2D eigenvalue weighted by molar-refractivity contribution is 0.0952. The first-order chi connectivity index (χ1) is 12.7.